The Morgan fingerprint density at radius 1 is 0.593 bits per heavy atom. The molecule has 0 aliphatic rings. The van der Waals surface area contributed by atoms with Gasteiger partial charge < -0.3 is 59.0 Å². The summed E-state index contributed by atoms with van der Waals surface area (Å²) in [7, 11) is -21.2. The van der Waals surface area contributed by atoms with Crippen LogP contribution < -0.4 is 40.8 Å². The van der Waals surface area contributed by atoms with E-state index >= 15 is 0 Å². The van der Waals surface area contributed by atoms with Crippen LogP contribution in [-0.4, -0.2) is 56.7 Å². The van der Waals surface area contributed by atoms with Crippen LogP contribution in [-0.2, 0) is 35.9 Å². The van der Waals surface area contributed by atoms with Gasteiger partial charge in [-0.05, 0) is 0 Å². The van der Waals surface area contributed by atoms with Crippen molar-refractivity contribution < 1.29 is 65.3 Å². The summed E-state index contributed by atoms with van der Waals surface area (Å²) in [5.41, 5.74) is 9.67. The van der Waals surface area contributed by atoms with Gasteiger partial charge >= 0.3 is 30.4 Å². The molecule has 0 heterocycles. The second kappa shape index (κ2) is 16.7. The third-order valence-corrected chi connectivity index (χ3v) is 5.33. The van der Waals surface area contributed by atoms with E-state index in [0.29, 0.717) is 0 Å². The summed E-state index contributed by atoms with van der Waals surface area (Å²) in [6.45, 7) is -1.17. The summed E-state index contributed by atoms with van der Waals surface area (Å²) in [6, 6.07) is 0. The summed E-state index contributed by atoms with van der Waals surface area (Å²) >= 11 is 0. The molecule has 0 saturated carbocycles. The molecule has 0 bridgehead atoms. The van der Waals surface area contributed by atoms with E-state index in [1.165, 1.54) is 0 Å². The van der Waals surface area contributed by atoms with Crippen molar-refractivity contribution in [2.45, 2.75) is 0 Å². The molecular weight excluding hydrogens is 451 g/mol. The van der Waals surface area contributed by atoms with Crippen LogP contribution in [0.4, 0.5) is 0 Å². The zero-order chi connectivity index (χ0) is 19.7. The van der Waals surface area contributed by atoms with Crippen molar-refractivity contribution >= 4 is 61.7 Å². The van der Waals surface area contributed by atoms with Crippen LogP contribution in [0.25, 0.3) is 0 Å². The normalized spacial score (nSPS) is 15.4. The average Bonchev–Trinajstić information content (AvgIpc) is 2.29. The van der Waals surface area contributed by atoms with Gasteiger partial charge in [-0.1, -0.05) is 0 Å². The van der Waals surface area contributed by atoms with E-state index in [1.54, 1.807) is 0 Å². The van der Waals surface area contributed by atoms with E-state index in [9.17, 15) is 47.6 Å². The molecular formula is C4H12Be3N2O14P4. The van der Waals surface area contributed by atoms with E-state index in [-0.39, 0.29) is 43.5 Å². The zero-order valence-corrected chi connectivity index (χ0v) is 17.2. The van der Waals surface area contributed by atoms with Crippen molar-refractivity contribution in [1.29, 1.82) is 0 Å². The number of phosphoric ester groups is 2. The van der Waals surface area contributed by atoms with Gasteiger partial charge in [0.05, 0.1) is 28.9 Å². The minimum absolute atomic E-state index is 0. The molecule has 148 valence electrons. The molecule has 0 aromatic rings. The molecule has 23 heteroatoms. The molecule has 0 fully saturated rings. The Hall–Kier alpha value is 0.946. The summed E-state index contributed by atoms with van der Waals surface area (Å²) in [5, 5.41) is 0. The first-order valence-corrected chi connectivity index (χ1v) is 11.2. The molecule has 0 spiro atoms. The maximum Gasteiger partial charge on any atom is 2.00 e. The molecule has 4 N–H and O–H groups in total. The molecule has 27 heavy (non-hydrogen) atoms. The Kier molecular flexibility index (Phi) is 23.9. The molecule has 2 unspecified atom stereocenters. The minimum atomic E-state index is -5.57. The Balaban J connectivity index is -0.000000108. The molecule has 16 nitrogen and oxygen atoms in total. The predicted octanol–water partition coefficient (Wildman–Crippen LogP) is -6.59. The van der Waals surface area contributed by atoms with Crippen LogP contribution in [0.15, 0.2) is 0 Å². The summed E-state index contributed by atoms with van der Waals surface area (Å²) in [6.07, 6.45) is 0. The standard InChI is InChI=1S/2C2H9NO7P2.3Be/c2*3-1-2-9-12(7,8)10-11(4,5)6;;;/h2*1-3H2,(H,7,8)(H2,4,5,6);;;/q;;3*+2/p-6. The number of hydrogen-bond acceptors (Lipinski definition) is 16. The Morgan fingerprint density at radius 2 is 0.815 bits per heavy atom. The fraction of sp³-hybridized carbons (Fsp3) is 1.00. The van der Waals surface area contributed by atoms with Crippen molar-refractivity contribution in [3.63, 3.8) is 0 Å². The van der Waals surface area contributed by atoms with E-state index in [2.05, 4.69) is 17.7 Å². The molecule has 0 aliphatic heterocycles. The molecule has 0 rings (SSSR count). The number of phosphoric acid groups is 4. The zero-order valence-electron chi connectivity index (χ0n) is 13.6. The third kappa shape index (κ3) is 31.8. The van der Waals surface area contributed by atoms with Gasteiger partial charge in [0.25, 0.3) is 15.6 Å². The van der Waals surface area contributed by atoms with E-state index in [1.807, 2.05) is 0 Å². The van der Waals surface area contributed by atoms with Gasteiger partial charge in [-0.15, -0.1) is 0 Å². The van der Waals surface area contributed by atoms with Crippen LogP contribution >= 0.6 is 31.3 Å². The van der Waals surface area contributed by atoms with Crippen LogP contribution in [0.2, 0.25) is 0 Å². The average molecular weight is 463 g/mol. The van der Waals surface area contributed by atoms with Crippen molar-refractivity contribution in [2.75, 3.05) is 26.3 Å². The quantitative estimate of drug-likeness (QED) is 0.225. The number of rotatable bonds is 10. The molecule has 0 aliphatic carbocycles. The van der Waals surface area contributed by atoms with Gasteiger partial charge in [-0.25, -0.2) is 0 Å². The van der Waals surface area contributed by atoms with Gasteiger partial charge in [-0.3, -0.25) is 17.8 Å². The van der Waals surface area contributed by atoms with Crippen LogP contribution in [0.1, 0.15) is 0 Å². The topological polar surface area (TPSA) is 296 Å². The van der Waals surface area contributed by atoms with Crippen molar-refractivity contribution in [3.05, 3.63) is 0 Å². The van der Waals surface area contributed by atoms with Gasteiger partial charge in [-0.2, -0.15) is 0 Å². The predicted molar refractivity (Wildman–Crippen MR) is 79.9 cm³/mol. The monoisotopic (exact) mass is 463 g/mol. The first-order chi connectivity index (χ1) is 10.5. The molecule has 0 saturated heterocycles. The fourth-order valence-corrected chi connectivity index (χ4v) is 3.62. The molecule has 0 aromatic carbocycles. The van der Waals surface area contributed by atoms with Gasteiger partial charge in [0.15, 0.2) is 0 Å². The summed E-state index contributed by atoms with van der Waals surface area (Å²) < 4.78 is 54.1. The smallest absolute Gasteiger partial charge is 0.790 e. The van der Waals surface area contributed by atoms with Crippen molar-refractivity contribution in [2.24, 2.45) is 11.5 Å². The second-order valence-corrected chi connectivity index (χ2v) is 8.60. The third-order valence-electron chi connectivity index (χ3n) is 1.13. The molecule has 0 amide bonds. The van der Waals surface area contributed by atoms with Crippen LogP contribution in [0, 0.1) is 0 Å². The number of nitrogens with two attached hydrogens (primary N) is 2. The van der Waals surface area contributed by atoms with Crippen molar-refractivity contribution in [1.82, 2.24) is 0 Å². The summed E-state index contributed by atoms with van der Waals surface area (Å²) in [4.78, 5) is 59.8. The number of hydrogen-bond donors (Lipinski definition) is 2. The Morgan fingerprint density at radius 3 is 0.963 bits per heavy atom. The Labute approximate surface area is 165 Å². The minimum Gasteiger partial charge on any atom is -0.790 e. The first-order valence-electron chi connectivity index (χ1n) is 5.32. The first kappa shape index (κ1) is 38.5. The van der Waals surface area contributed by atoms with Crippen LogP contribution in [0.5, 0.6) is 0 Å². The van der Waals surface area contributed by atoms with Gasteiger partial charge in [0.2, 0.25) is 0 Å². The van der Waals surface area contributed by atoms with Crippen LogP contribution in [0.3, 0.4) is 0 Å². The largest absolute Gasteiger partial charge is 2.00 e. The maximum atomic E-state index is 10.4. The molecule has 0 aromatic heterocycles. The van der Waals surface area contributed by atoms with E-state index in [0.717, 1.165) is 0 Å². The second-order valence-electron chi connectivity index (χ2n) is 3.20. The van der Waals surface area contributed by atoms with Crippen molar-refractivity contribution in [3.8, 4) is 0 Å². The van der Waals surface area contributed by atoms with E-state index < -0.39 is 44.5 Å². The van der Waals surface area contributed by atoms with Gasteiger partial charge in [0, 0.05) is 13.1 Å². The Bertz CT molecular complexity index is 504. The van der Waals surface area contributed by atoms with E-state index in [4.69, 9.17) is 11.5 Å². The summed E-state index contributed by atoms with van der Waals surface area (Å²) in [5.74, 6) is 0. The molecule has 2 atom stereocenters. The molecule has 0 radical (unpaired) electrons. The SMILES string of the molecule is NCCOP(=O)([O-])OP(=O)([O-])[O-].NCCOP(=O)([O-])OP(=O)([O-])[O-].[Be+2].[Be+2].[Be+2]. The maximum absolute atomic E-state index is 10.4. The van der Waals surface area contributed by atoms with Gasteiger partial charge in [0.1, 0.15) is 0 Å². The fourth-order valence-electron chi connectivity index (χ4n) is 0.621.